The molecular weight excluding hydrogens is 484 g/mol. The molecule has 0 unspecified atom stereocenters. The Balaban J connectivity index is 1.42. The minimum absolute atomic E-state index is 0.00617. The molecule has 2 heterocycles. The molecule has 2 aromatic heterocycles. The second kappa shape index (κ2) is 9.78. The fourth-order valence-corrected chi connectivity index (χ4v) is 4.56. The van der Waals surface area contributed by atoms with Gasteiger partial charge in [0.05, 0.1) is 4.90 Å². The standard InChI is InChI=1S/C25H24N4O6S/c1-14-11-24(30)35-22-13-19(7-10-21(14)22)34-16(3)25(31)28-18-5-8-20(9-6-18)36(32,33)29-23-12-15(2)26-17(4)27-23/h5-13,16H,1-4H3,(H,28,31)(H,26,27,29)/t16-/m0/s1. The van der Waals surface area contributed by atoms with Crippen LogP contribution in [0.2, 0.25) is 0 Å². The molecule has 0 aliphatic heterocycles. The average Bonchev–Trinajstić information content (AvgIpc) is 2.78. The van der Waals surface area contributed by atoms with Crippen LogP contribution in [-0.4, -0.2) is 30.4 Å². The van der Waals surface area contributed by atoms with E-state index in [1.807, 2.05) is 0 Å². The second-order valence-corrected chi connectivity index (χ2v) is 9.91. The first-order valence-corrected chi connectivity index (χ1v) is 12.5. The Morgan fingerprint density at radius 3 is 2.42 bits per heavy atom. The van der Waals surface area contributed by atoms with Gasteiger partial charge in [0.1, 0.15) is 23.0 Å². The summed E-state index contributed by atoms with van der Waals surface area (Å²) >= 11 is 0. The Labute approximate surface area is 207 Å². The molecule has 10 nitrogen and oxygen atoms in total. The van der Waals surface area contributed by atoms with Crippen LogP contribution in [0.3, 0.4) is 0 Å². The van der Waals surface area contributed by atoms with Crippen molar-refractivity contribution in [2.45, 2.75) is 38.7 Å². The summed E-state index contributed by atoms with van der Waals surface area (Å²) in [7, 11) is -3.88. The SMILES string of the molecule is Cc1cc(NS(=O)(=O)c2ccc(NC(=O)[C@H](C)Oc3ccc4c(C)cc(=O)oc4c3)cc2)nc(C)n1. The lowest BCUT2D eigenvalue weighted by molar-refractivity contribution is -0.122. The van der Waals surface area contributed by atoms with Crippen molar-refractivity contribution >= 4 is 38.4 Å². The summed E-state index contributed by atoms with van der Waals surface area (Å²) < 4.78 is 38.7. The van der Waals surface area contributed by atoms with Crippen LogP contribution in [0.15, 0.2) is 68.7 Å². The largest absolute Gasteiger partial charge is 0.481 e. The van der Waals surface area contributed by atoms with Crippen LogP contribution in [0, 0.1) is 20.8 Å². The van der Waals surface area contributed by atoms with Crippen molar-refractivity contribution in [1.29, 1.82) is 0 Å². The van der Waals surface area contributed by atoms with Crippen LogP contribution in [0.25, 0.3) is 11.0 Å². The monoisotopic (exact) mass is 508 g/mol. The minimum Gasteiger partial charge on any atom is -0.481 e. The van der Waals surface area contributed by atoms with Crippen molar-refractivity contribution in [2.24, 2.45) is 0 Å². The zero-order valence-corrected chi connectivity index (χ0v) is 20.8. The van der Waals surface area contributed by atoms with E-state index in [-0.39, 0.29) is 10.7 Å². The zero-order chi connectivity index (χ0) is 26.0. The summed E-state index contributed by atoms with van der Waals surface area (Å²) in [4.78, 5) is 32.5. The van der Waals surface area contributed by atoms with Gasteiger partial charge in [-0.3, -0.25) is 9.52 Å². The third-order valence-electron chi connectivity index (χ3n) is 5.24. The molecule has 0 spiro atoms. The van der Waals surface area contributed by atoms with Gasteiger partial charge < -0.3 is 14.5 Å². The van der Waals surface area contributed by atoms with Crippen molar-refractivity contribution < 1.29 is 22.4 Å². The molecule has 0 bridgehead atoms. The maximum absolute atomic E-state index is 12.7. The Kier molecular flexibility index (Phi) is 6.75. The Bertz CT molecular complexity index is 1590. The van der Waals surface area contributed by atoms with Crippen LogP contribution in [0.1, 0.15) is 24.0 Å². The van der Waals surface area contributed by atoms with Crippen LogP contribution < -0.4 is 20.4 Å². The van der Waals surface area contributed by atoms with E-state index in [2.05, 4.69) is 20.0 Å². The third-order valence-corrected chi connectivity index (χ3v) is 6.61. The van der Waals surface area contributed by atoms with Gasteiger partial charge in [-0.25, -0.2) is 23.2 Å². The summed E-state index contributed by atoms with van der Waals surface area (Å²) in [6.07, 6.45) is -0.881. The highest BCUT2D eigenvalue weighted by Gasteiger charge is 2.18. The number of carbonyl (C=O) groups is 1. The number of nitrogens with one attached hydrogen (secondary N) is 2. The van der Waals surface area contributed by atoms with Crippen molar-refractivity contribution in [3.63, 3.8) is 0 Å². The number of anilines is 2. The maximum atomic E-state index is 12.7. The lowest BCUT2D eigenvalue weighted by Gasteiger charge is -2.15. The first-order chi connectivity index (χ1) is 17.0. The average molecular weight is 509 g/mol. The number of amides is 1. The number of nitrogens with zero attached hydrogens (tertiary/aromatic N) is 2. The second-order valence-electron chi connectivity index (χ2n) is 8.23. The van der Waals surface area contributed by atoms with Gasteiger partial charge in [-0.15, -0.1) is 0 Å². The molecule has 0 saturated heterocycles. The van der Waals surface area contributed by atoms with Gasteiger partial charge in [-0.2, -0.15) is 0 Å². The van der Waals surface area contributed by atoms with E-state index in [9.17, 15) is 18.0 Å². The normalized spacial score (nSPS) is 12.2. The summed E-state index contributed by atoms with van der Waals surface area (Å²) in [6.45, 7) is 6.79. The van der Waals surface area contributed by atoms with Crippen LogP contribution in [-0.2, 0) is 14.8 Å². The van der Waals surface area contributed by atoms with Crippen LogP contribution in [0.5, 0.6) is 5.75 Å². The van der Waals surface area contributed by atoms with Gasteiger partial charge in [0, 0.05) is 35.0 Å². The van der Waals surface area contributed by atoms with Gasteiger partial charge in [0.25, 0.3) is 15.9 Å². The molecule has 0 aliphatic rings. The molecule has 1 amide bonds. The zero-order valence-electron chi connectivity index (χ0n) is 20.0. The summed E-state index contributed by atoms with van der Waals surface area (Å²) in [5.41, 5.74) is 1.71. The number of rotatable bonds is 7. The molecule has 4 aromatic rings. The molecule has 11 heteroatoms. The molecule has 0 saturated carbocycles. The number of hydrogen-bond acceptors (Lipinski definition) is 8. The van der Waals surface area contributed by atoms with Crippen molar-refractivity contribution in [2.75, 3.05) is 10.0 Å². The van der Waals surface area contributed by atoms with Crippen molar-refractivity contribution in [1.82, 2.24) is 9.97 Å². The van der Waals surface area contributed by atoms with Gasteiger partial charge in [-0.05, 0) is 69.7 Å². The number of hydrogen-bond donors (Lipinski definition) is 2. The van der Waals surface area contributed by atoms with Crippen molar-refractivity contribution in [3.05, 3.63) is 82.1 Å². The number of fused-ring (bicyclic) bond motifs is 1. The molecule has 2 N–H and O–H groups in total. The van der Waals surface area contributed by atoms with Gasteiger partial charge in [-0.1, -0.05) is 0 Å². The number of carbonyl (C=O) groups excluding carboxylic acids is 1. The molecule has 4 rings (SSSR count). The minimum atomic E-state index is -3.88. The number of aryl methyl sites for hydroxylation is 3. The first-order valence-electron chi connectivity index (χ1n) is 11.0. The highest BCUT2D eigenvalue weighted by molar-refractivity contribution is 7.92. The Morgan fingerprint density at radius 1 is 1.00 bits per heavy atom. The van der Waals surface area contributed by atoms with E-state index < -0.39 is 27.7 Å². The van der Waals surface area contributed by atoms with E-state index in [4.69, 9.17) is 9.15 Å². The Hall–Kier alpha value is -4.25. The smallest absolute Gasteiger partial charge is 0.336 e. The maximum Gasteiger partial charge on any atom is 0.336 e. The van der Waals surface area contributed by atoms with E-state index >= 15 is 0 Å². The quantitative estimate of drug-likeness (QED) is 0.360. The highest BCUT2D eigenvalue weighted by Crippen LogP contribution is 2.23. The van der Waals surface area contributed by atoms with Gasteiger partial charge in [0.15, 0.2) is 6.10 Å². The predicted octanol–water partition coefficient (Wildman–Crippen LogP) is 3.72. The lowest BCUT2D eigenvalue weighted by Crippen LogP contribution is -2.30. The van der Waals surface area contributed by atoms with Gasteiger partial charge >= 0.3 is 5.63 Å². The van der Waals surface area contributed by atoms with Gasteiger partial charge in [0.2, 0.25) is 0 Å². The molecule has 1 atom stereocenters. The number of ether oxygens (including phenoxy) is 1. The molecule has 186 valence electrons. The molecule has 2 aromatic carbocycles. The first kappa shape index (κ1) is 24.9. The summed E-state index contributed by atoms with van der Waals surface area (Å²) in [5, 5.41) is 3.46. The van der Waals surface area contributed by atoms with E-state index in [1.165, 1.54) is 36.4 Å². The molecule has 0 radical (unpaired) electrons. The third kappa shape index (κ3) is 5.69. The van der Waals surface area contributed by atoms with E-state index in [1.54, 1.807) is 45.9 Å². The molecular formula is C25H24N4O6S. The molecule has 0 fully saturated rings. The summed E-state index contributed by atoms with van der Waals surface area (Å²) in [5.74, 6) is 0.542. The topological polar surface area (TPSA) is 140 Å². The summed E-state index contributed by atoms with van der Waals surface area (Å²) in [6, 6.07) is 13.6. The van der Waals surface area contributed by atoms with Crippen molar-refractivity contribution in [3.8, 4) is 5.75 Å². The fraction of sp³-hybridized carbons (Fsp3) is 0.200. The number of sulfonamides is 1. The highest BCUT2D eigenvalue weighted by atomic mass is 32.2. The van der Waals surface area contributed by atoms with Crippen LogP contribution in [0.4, 0.5) is 11.5 Å². The fourth-order valence-electron chi connectivity index (χ4n) is 3.56. The molecule has 36 heavy (non-hydrogen) atoms. The lowest BCUT2D eigenvalue weighted by atomic mass is 10.1. The predicted molar refractivity (Wildman–Crippen MR) is 135 cm³/mol. The molecule has 0 aliphatic carbocycles. The number of aromatic nitrogens is 2. The van der Waals surface area contributed by atoms with E-state index in [0.29, 0.717) is 28.5 Å². The van der Waals surface area contributed by atoms with Crippen LogP contribution >= 0.6 is 0 Å². The number of benzene rings is 2. The Morgan fingerprint density at radius 2 is 1.72 bits per heavy atom. The van der Waals surface area contributed by atoms with E-state index in [0.717, 1.165) is 10.9 Å².